The Balaban J connectivity index is 2.12. The second-order valence-electron chi connectivity index (χ2n) is 5.25. The van der Waals surface area contributed by atoms with Crippen molar-refractivity contribution in [2.45, 2.75) is 32.9 Å². The van der Waals surface area contributed by atoms with Gasteiger partial charge in [-0.2, -0.15) is 0 Å². The molecule has 2 aromatic rings. The lowest BCUT2D eigenvalue weighted by molar-refractivity contribution is -0.115. The molecule has 0 bridgehead atoms. The highest BCUT2D eigenvalue weighted by molar-refractivity contribution is 7.14. The molecule has 1 unspecified atom stereocenters. The summed E-state index contributed by atoms with van der Waals surface area (Å²) in [7, 11) is 0. The average molecular weight is 337 g/mol. The normalized spacial score (nSPS) is 12.2. The molecular weight excluding hydrogens is 317 g/mol. The molecule has 0 aliphatic carbocycles. The highest BCUT2D eigenvalue weighted by Crippen LogP contribution is 2.29. The van der Waals surface area contributed by atoms with Crippen LogP contribution in [-0.2, 0) is 11.3 Å². The average Bonchev–Trinajstić information content (AvgIpc) is 2.96. The van der Waals surface area contributed by atoms with Crippen LogP contribution in [0.1, 0.15) is 26.0 Å². The second-order valence-corrected chi connectivity index (χ2v) is 6.08. The second kappa shape index (κ2) is 8.14. The summed E-state index contributed by atoms with van der Waals surface area (Å²) >= 11 is 1.36. The van der Waals surface area contributed by atoms with Crippen LogP contribution in [0.25, 0.3) is 0 Å². The van der Waals surface area contributed by atoms with Crippen molar-refractivity contribution >= 4 is 28.1 Å². The first kappa shape index (κ1) is 17.5. The van der Waals surface area contributed by atoms with E-state index >= 15 is 0 Å². The summed E-state index contributed by atoms with van der Waals surface area (Å²) in [6, 6.07) is 5.93. The molecule has 2 N–H and O–H groups in total. The van der Waals surface area contributed by atoms with Crippen LogP contribution in [-0.4, -0.2) is 28.6 Å². The van der Waals surface area contributed by atoms with Gasteiger partial charge in [0.2, 0.25) is 5.91 Å². The fraction of sp³-hybridized carbons (Fsp3) is 0.375. The van der Waals surface area contributed by atoms with E-state index in [1.807, 2.05) is 12.3 Å². The third-order valence-corrected chi connectivity index (χ3v) is 4.20. The summed E-state index contributed by atoms with van der Waals surface area (Å²) in [5, 5.41) is 14.6. The lowest BCUT2D eigenvalue weighted by atomic mass is 10.2. The van der Waals surface area contributed by atoms with Crippen LogP contribution in [0, 0.1) is 5.82 Å². The maximum atomic E-state index is 13.1. The number of halogens is 1. The van der Waals surface area contributed by atoms with Crippen molar-refractivity contribution in [1.82, 2.24) is 10.3 Å². The Kier molecular flexibility index (Phi) is 6.20. The van der Waals surface area contributed by atoms with Crippen molar-refractivity contribution in [1.29, 1.82) is 0 Å². The van der Waals surface area contributed by atoms with Gasteiger partial charge in [0, 0.05) is 31.5 Å². The number of carbonyl (C=O) groups excluding carboxylic acids is 1. The van der Waals surface area contributed by atoms with E-state index in [0.717, 1.165) is 5.69 Å². The SMILES string of the molecule is CC(=O)N(c1ccc(F)cc1)c1nc(CNC(C)CCO)cs1. The summed E-state index contributed by atoms with van der Waals surface area (Å²) in [6.07, 6.45) is 0.673. The molecular formula is C16H20FN3O2S. The number of rotatable bonds is 7. The van der Waals surface area contributed by atoms with Gasteiger partial charge in [-0.25, -0.2) is 9.37 Å². The minimum Gasteiger partial charge on any atom is -0.396 e. The number of aliphatic hydroxyl groups is 1. The lowest BCUT2D eigenvalue weighted by Crippen LogP contribution is -2.26. The molecule has 0 radical (unpaired) electrons. The van der Waals surface area contributed by atoms with Crippen molar-refractivity contribution < 1.29 is 14.3 Å². The van der Waals surface area contributed by atoms with Gasteiger partial charge in [-0.15, -0.1) is 11.3 Å². The van der Waals surface area contributed by atoms with Gasteiger partial charge in [-0.3, -0.25) is 9.69 Å². The van der Waals surface area contributed by atoms with Crippen LogP contribution >= 0.6 is 11.3 Å². The number of thiazole rings is 1. The summed E-state index contributed by atoms with van der Waals surface area (Å²) in [5.74, 6) is -0.529. The topological polar surface area (TPSA) is 65.5 Å². The number of aliphatic hydroxyl groups excluding tert-OH is 1. The zero-order valence-corrected chi connectivity index (χ0v) is 13.9. The summed E-state index contributed by atoms with van der Waals surface area (Å²) in [4.78, 5) is 17.9. The zero-order valence-electron chi connectivity index (χ0n) is 13.1. The van der Waals surface area contributed by atoms with Gasteiger partial charge in [-0.1, -0.05) is 0 Å². The Bertz CT molecular complexity index is 645. The molecule has 1 aromatic heterocycles. The van der Waals surface area contributed by atoms with Crippen LogP contribution in [0.4, 0.5) is 15.2 Å². The summed E-state index contributed by atoms with van der Waals surface area (Å²) in [5.41, 5.74) is 1.41. The number of nitrogens with one attached hydrogen (secondary N) is 1. The molecule has 0 aliphatic rings. The number of aromatic nitrogens is 1. The van der Waals surface area contributed by atoms with Crippen molar-refractivity contribution in [2.24, 2.45) is 0 Å². The molecule has 0 saturated carbocycles. The van der Waals surface area contributed by atoms with E-state index in [1.165, 1.54) is 35.3 Å². The number of hydrogen-bond donors (Lipinski definition) is 2. The third kappa shape index (κ3) is 4.82. The number of amides is 1. The molecule has 0 spiro atoms. The largest absolute Gasteiger partial charge is 0.396 e. The van der Waals surface area contributed by atoms with Gasteiger partial charge in [-0.05, 0) is 37.6 Å². The van der Waals surface area contributed by atoms with Gasteiger partial charge in [0.05, 0.1) is 11.4 Å². The van der Waals surface area contributed by atoms with E-state index in [2.05, 4.69) is 10.3 Å². The quantitative estimate of drug-likeness (QED) is 0.815. The number of anilines is 2. The molecule has 23 heavy (non-hydrogen) atoms. The molecule has 2 rings (SSSR count). The Morgan fingerprint density at radius 3 is 2.74 bits per heavy atom. The van der Waals surface area contributed by atoms with Crippen molar-refractivity contribution in [3.05, 3.63) is 41.2 Å². The van der Waals surface area contributed by atoms with Crippen LogP contribution < -0.4 is 10.2 Å². The molecule has 1 atom stereocenters. The van der Waals surface area contributed by atoms with Crippen molar-refractivity contribution in [3.63, 3.8) is 0 Å². The molecule has 1 amide bonds. The van der Waals surface area contributed by atoms with Crippen molar-refractivity contribution in [2.75, 3.05) is 11.5 Å². The first-order valence-electron chi connectivity index (χ1n) is 7.36. The number of hydrogen-bond acceptors (Lipinski definition) is 5. The maximum Gasteiger partial charge on any atom is 0.230 e. The maximum absolute atomic E-state index is 13.1. The minimum absolute atomic E-state index is 0.138. The Hall–Kier alpha value is -1.83. The van der Waals surface area contributed by atoms with Gasteiger partial charge in [0.25, 0.3) is 0 Å². The molecule has 1 heterocycles. The molecule has 1 aromatic carbocycles. The fourth-order valence-electron chi connectivity index (χ4n) is 2.07. The first-order chi connectivity index (χ1) is 11.0. The van der Waals surface area contributed by atoms with Gasteiger partial charge >= 0.3 is 0 Å². The van der Waals surface area contributed by atoms with Gasteiger partial charge in [0.1, 0.15) is 5.82 Å². The minimum atomic E-state index is -0.348. The number of benzene rings is 1. The third-order valence-electron chi connectivity index (χ3n) is 3.32. The van der Waals surface area contributed by atoms with E-state index in [-0.39, 0.29) is 24.4 Å². The van der Waals surface area contributed by atoms with Crippen LogP contribution in [0.15, 0.2) is 29.6 Å². The highest BCUT2D eigenvalue weighted by atomic mass is 32.1. The standard InChI is InChI=1S/C16H20FN3O2S/c1-11(7-8-21)18-9-14-10-23-16(19-14)20(12(2)22)15-5-3-13(17)4-6-15/h3-6,10-11,18,21H,7-9H2,1-2H3. The van der Waals surface area contributed by atoms with Gasteiger partial charge < -0.3 is 10.4 Å². The number of carbonyl (C=O) groups is 1. The molecule has 0 fully saturated rings. The van der Waals surface area contributed by atoms with Crippen molar-refractivity contribution in [3.8, 4) is 0 Å². The smallest absolute Gasteiger partial charge is 0.230 e. The summed E-state index contributed by atoms with van der Waals surface area (Å²) < 4.78 is 13.1. The molecule has 124 valence electrons. The molecule has 0 saturated heterocycles. The van der Waals surface area contributed by atoms with Crippen LogP contribution in [0.3, 0.4) is 0 Å². The van der Waals surface area contributed by atoms with Crippen LogP contribution in [0.2, 0.25) is 0 Å². The Morgan fingerprint density at radius 1 is 1.43 bits per heavy atom. The van der Waals surface area contributed by atoms with E-state index in [9.17, 15) is 9.18 Å². The van der Waals surface area contributed by atoms with E-state index in [4.69, 9.17) is 5.11 Å². The lowest BCUT2D eigenvalue weighted by Gasteiger charge is -2.18. The zero-order chi connectivity index (χ0) is 16.8. The van der Waals surface area contributed by atoms with E-state index in [0.29, 0.717) is 23.8 Å². The van der Waals surface area contributed by atoms with Gasteiger partial charge in [0.15, 0.2) is 5.13 Å². The van der Waals surface area contributed by atoms with Crippen LogP contribution in [0.5, 0.6) is 0 Å². The van der Waals surface area contributed by atoms with E-state index in [1.54, 1.807) is 12.1 Å². The fourth-order valence-corrected chi connectivity index (χ4v) is 2.96. The van der Waals surface area contributed by atoms with E-state index < -0.39 is 0 Å². The predicted octanol–water partition coefficient (Wildman–Crippen LogP) is 2.83. The molecule has 7 heteroatoms. The summed E-state index contributed by atoms with van der Waals surface area (Å²) in [6.45, 7) is 4.14. The highest BCUT2D eigenvalue weighted by Gasteiger charge is 2.18. The molecule has 5 nitrogen and oxygen atoms in total. The predicted molar refractivity (Wildman–Crippen MR) is 89.3 cm³/mol. The Labute approximate surface area is 138 Å². The monoisotopic (exact) mass is 337 g/mol. The molecule has 0 aliphatic heterocycles. The first-order valence-corrected chi connectivity index (χ1v) is 8.24. The Morgan fingerprint density at radius 2 is 2.13 bits per heavy atom. The number of nitrogens with zero attached hydrogens (tertiary/aromatic N) is 2.